The smallest absolute Gasteiger partial charge is 0.339 e. The van der Waals surface area contributed by atoms with Crippen LogP contribution in [0.2, 0.25) is 0 Å². The van der Waals surface area contributed by atoms with E-state index in [1.54, 1.807) is 42.5 Å². The molecule has 1 fully saturated rings. The van der Waals surface area contributed by atoms with Gasteiger partial charge in [-0.1, -0.05) is 45.8 Å². The highest BCUT2D eigenvalue weighted by molar-refractivity contribution is 9.10. The second kappa shape index (κ2) is 9.32. The van der Waals surface area contributed by atoms with Crippen molar-refractivity contribution < 1.29 is 17.4 Å². The number of halogens is 1. The molecule has 1 saturated heterocycles. The van der Waals surface area contributed by atoms with E-state index in [1.165, 1.54) is 23.9 Å². The number of nitrogens with one attached hydrogen (secondary N) is 1. The van der Waals surface area contributed by atoms with Crippen LogP contribution in [0.3, 0.4) is 0 Å². The van der Waals surface area contributed by atoms with Crippen LogP contribution in [-0.2, 0) is 14.9 Å². The molecule has 162 valence electrons. The van der Waals surface area contributed by atoms with Crippen LogP contribution in [0.1, 0.15) is 11.1 Å². The number of rotatable bonds is 5. The van der Waals surface area contributed by atoms with Crippen molar-refractivity contribution in [3.63, 3.8) is 0 Å². The fourth-order valence-electron chi connectivity index (χ4n) is 2.80. The molecule has 1 aliphatic rings. The van der Waals surface area contributed by atoms with Crippen molar-refractivity contribution >= 4 is 60.6 Å². The molecule has 1 amide bonds. The number of amides is 1. The fourth-order valence-corrected chi connectivity index (χ4v) is 4.83. The Kier molecular flexibility index (Phi) is 6.50. The third-order valence-electron chi connectivity index (χ3n) is 4.38. The van der Waals surface area contributed by atoms with Gasteiger partial charge in [-0.25, -0.2) is 4.99 Å². The third kappa shape index (κ3) is 5.48. The van der Waals surface area contributed by atoms with Crippen molar-refractivity contribution in [2.45, 2.75) is 11.8 Å². The summed E-state index contributed by atoms with van der Waals surface area (Å²) >= 11 is 4.58. The minimum atomic E-state index is -3.96. The number of thioether (sulfide) groups is 1. The summed E-state index contributed by atoms with van der Waals surface area (Å²) in [5.41, 5.74) is 2.30. The van der Waals surface area contributed by atoms with Gasteiger partial charge in [-0.2, -0.15) is 8.42 Å². The van der Waals surface area contributed by atoms with Gasteiger partial charge in [-0.3, -0.25) is 4.79 Å². The molecule has 0 radical (unpaired) electrons. The molecule has 0 bridgehead atoms. The van der Waals surface area contributed by atoms with Crippen LogP contribution in [0, 0.1) is 6.92 Å². The minimum Gasteiger partial charge on any atom is -0.379 e. The molecule has 1 heterocycles. The van der Waals surface area contributed by atoms with E-state index in [2.05, 4.69) is 26.2 Å². The molecule has 4 rings (SSSR count). The number of hydrogen-bond acceptors (Lipinski definition) is 6. The lowest BCUT2D eigenvalue weighted by Crippen LogP contribution is -2.19. The summed E-state index contributed by atoms with van der Waals surface area (Å²) in [4.78, 5) is 17.3. The zero-order valence-electron chi connectivity index (χ0n) is 16.8. The van der Waals surface area contributed by atoms with Gasteiger partial charge >= 0.3 is 10.1 Å². The summed E-state index contributed by atoms with van der Waals surface area (Å²) in [6.45, 7) is 1.88. The Morgan fingerprint density at radius 3 is 2.47 bits per heavy atom. The van der Waals surface area contributed by atoms with Crippen molar-refractivity contribution in [1.82, 2.24) is 5.32 Å². The Bertz CT molecular complexity index is 1330. The maximum atomic E-state index is 12.5. The molecule has 3 aromatic carbocycles. The monoisotopic (exact) mass is 528 g/mol. The lowest BCUT2D eigenvalue weighted by molar-refractivity contribution is -0.115. The van der Waals surface area contributed by atoms with Crippen molar-refractivity contribution in [3.05, 3.63) is 93.3 Å². The molecule has 1 aliphatic heterocycles. The molecule has 0 spiro atoms. The van der Waals surface area contributed by atoms with Gasteiger partial charge in [0.25, 0.3) is 5.91 Å². The fraction of sp³-hybridized carbons (Fsp3) is 0.0435. The van der Waals surface area contributed by atoms with Crippen LogP contribution in [0.5, 0.6) is 5.75 Å². The Balaban J connectivity index is 1.52. The van der Waals surface area contributed by atoms with Crippen molar-refractivity contribution in [2.75, 3.05) is 0 Å². The first-order valence-electron chi connectivity index (χ1n) is 9.45. The van der Waals surface area contributed by atoms with Crippen LogP contribution in [0.4, 0.5) is 5.69 Å². The molecular formula is C23H17BrN2O4S2. The molecule has 32 heavy (non-hydrogen) atoms. The standard InChI is InChI=1S/C23H17BrN2O4S2/c1-15-5-11-20(12-6-15)32(28,29)30-19-4-2-3-16(13-19)14-21-22(27)26-23(31-21)25-18-9-7-17(24)8-10-18/h2-14H,1H3,(H,25,26,27)/b21-14+. The SMILES string of the molecule is Cc1ccc(S(=O)(=O)Oc2cccc(/C=C3/SC(=Nc4ccc(Br)cc4)NC3=O)c2)cc1. The molecule has 0 unspecified atom stereocenters. The Morgan fingerprint density at radius 1 is 1.03 bits per heavy atom. The first-order valence-corrected chi connectivity index (χ1v) is 12.5. The average Bonchev–Trinajstić information content (AvgIpc) is 3.08. The van der Waals surface area contributed by atoms with E-state index in [-0.39, 0.29) is 16.6 Å². The Labute approximate surface area is 198 Å². The van der Waals surface area contributed by atoms with Gasteiger partial charge in [0.05, 0.1) is 10.6 Å². The maximum Gasteiger partial charge on any atom is 0.339 e. The average molecular weight is 529 g/mol. The zero-order valence-corrected chi connectivity index (χ0v) is 20.0. The lowest BCUT2D eigenvalue weighted by atomic mass is 10.2. The zero-order chi connectivity index (χ0) is 22.7. The molecule has 0 aliphatic carbocycles. The van der Waals surface area contributed by atoms with Crippen LogP contribution in [0.25, 0.3) is 6.08 Å². The van der Waals surface area contributed by atoms with Crippen LogP contribution in [-0.4, -0.2) is 19.5 Å². The minimum absolute atomic E-state index is 0.0754. The molecule has 0 saturated carbocycles. The van der Waals surface area contributed by atoms with E-state index in [0.717, 1.165) is 10.0 Å². The summed E-state index contributed by atoms with van der Waals surface area (Å²) in [5, 5.41) is 3.20. The number of amidine groups is 1. The summed E-state index contributed by atoms with van der Waals surface area (Å²) < 4.78 is 31.3. The molecule has 0 aromatic heterocycles. The number of carbonyl (C=O) groups excluding carboxylic acids is 1. The summed E-state index contributed by atoms with van der Waals surface area (Å²) in [6.07, 6.45) is 1.66. The number of benzene rings is 3. The highest BCUT2D eigenvalue weighted by atomic mass is 79.9. The number of hydrogen-bond donors (Lipinski definition) is 1. The highest BCUT2D eigenvalue weighted by Gasteiger charge is 2.24. The van der Waals surface area contributed by atoms with E-state index in [9.17, 15) is 13.2 Å². The molecule has 3 aromatic rings. The van der Waals surface area contributed by atoms with E-state index < -0.39 is 10.1 Å². The third-order valence-corrected chi connectivity index (χ3v) is 7.08. The van der Waals surface area contributed by atoms with Gasteiger partial charge in [-0.15, -0.1) is 0 Å². The van der Waals surface area contributed by atoms with E-state index in [0.29, 0.717) is 21.3 Å². The maximum absolute atomic E-state index is 12.5. The predicted molar refractivity (Wildman–Crippen MR) is 130 cm³/mol. The second-order valence-corrected chi connectivity index (χ2v) is 10.4. The number of nitrogens with zero attached hydrogens (tertiary/aromatic N) is 1. The van der Waals surface area contributed by atoms with Crippen LogP contribution < -0.4 is 9.50 Å². The summed E-state index contributed by atoms with van der Waals surface area (Å²) in [7, 11) is -3.96. The van der Waals surface area contributed by atoms with Gasteiger partial charge in [-0.05, 0) is 78.9 Å². The summed E-state index contributed by atoms with van der Waals surface area (Å²) in [5.74, 6) is -0.114. The first-order chi connectivity index (χ1) is 15.3. The largest absolute Gasteiger partial charge is 0.379 e. The van der Waals surface area contributed by atoms with Gasteiger partial charge in [0.15, 0.2) is 5.17 Å². The van der Waals surface area contributed by atoms with Crippen molar-refractivity contribution in [2.24, 2.45) is 4.99 Å². The number of aliphatic imine (C=N–C) groups is 1. The van der Waals surface area contributed by atoms with Crippen LogP contribution >= 0.6 is 27.7 Å². The van der Waals surface area contributed by atoms with Crippen molar-refractivity contribution in [1.29, 1.82) is 0 Å². The van der Waals surface area contributed by atoms with Gasteiger partial charge in [0.2, 0.25) is 0 Å². The molecule has 6 nitrogen and oxygen atoms in total. The van der Waals surface area contributed by atoms with Gasteiger partial charge in [0, 0.05) is 4.47 Å². The second-order valence-electron chi connectivity index (χ2n) is 6.88. The molecule has 9 heteroatoms. The topological polar surface area (TPSA) is 84.8 Å². The normalized spacial score (nSPS) is 16.4. The van der Waals surface area contributed by atoms with Crippen molar-refractivity contribution in [3.8, 4) is 5.75 Å². The Hall–Kier alpha value is -2.88. The molecule has 1 N–H and O–H groups in total. The van der Waals surface area contributed by atoms with Gasteiger partial charge in [0.1, 0.15) is 10.6 Å². The molecule has 0 atom stereocenters. The first kappa shape index (κ1) is 22.3. The van der Waals surface area contributed by atoms with E-state index >= 15 is 0 Å². The van der Waals surface area contributed by atoms with E-state index in [4.69, 9.17) is 4.18 Å². The van der Waals surface area contributed by atoms with E-state index in [1.807, 2.05) is 31.2 Å². The number of carbonyl (C=O) groups is 1. The predicted octanol–water partition coefficient (Wildman–Crippen LogP) is 5.42. The van der Waals surface area contributed by atoms with Gasteiger partial charge < -0.3 is 9.50 Å². The molecular weight excluding hydrogens is 512 g/mol. The van der Waals surface area contributed by atoms with Crippen LogP contribution in [0.15, 0.2) is 92.1 Å². The Morgan fingerprint density at radius 2 is 1.75 bits per heavy atom. The highest BCUT2D eigenvalue weighted by Crippen LogP contribution is 2.29. The lowest BCUT2D eigenvalue weighted by Gasteiger charge is -2.08. The summed E-state index contributed by atoms with van der Waals surface area (Å²) in [6, 6.07) is 20.4. The quantitative estimate of drug-likeness (QED) is 0.353. The number of aryl methyl sites for hydroxylation is 1.